The Morgan fingerprint density at radius 1 is 1.37 bits per heavy atom. The second-order valence-electron chi connectivity index (χ2n) is 4.79. The van der Waals surface area contributed by atoms with Crippen LogP contribution in [-0.2, 0) is 13.0 Å². The predicted molar refractivity (Wildman–Crippen MR) is 80.7 cm³/mol. The maximum absolute atomic E-state index is 10.0. The van der Waals surface area contributed by atoms with E-state index in [0.717, 1.165) is 35.0 Å². The Hall–Kier alpha value is -0.840. The second-order valence-corrected chi connectivity index (χ2v) is 6.70. The molecule has 1 aliphatic rings. The first-order valence-electron chi connectivity index (χ1n) is 6.39. The lowest BCUT2D eigenvalue weighted by atomic mass is 9.89. The molecule has 1 heterocycles. The number of aliphatic hydroxyl groups excluding tert-OH is 1. The maximum atomic E-state index is 10.0. The van der Waals surface area contributed by atoms with Crippen molar-refractivity contribution in [1.29, 1.82) is 0 Å². The van der Waals surface area contributed by atoms with E-state index in [9.17, 15) is 5.11 Å². The topological polar surface area (TPSA) is 29.5 Å². The Kier molecular flexibility index (Phi) is 3.91. The number of rotatable bonds is 3. The Balaban J connectivity index is 1.73. The third kappa shape index (κ3) is 3.02. The van der Waals surface area contributed by atoms with Crippen molar-refractivity contribution < 1.29 is 9.84 Å². The Morgan fingerprint density at radius 3 is 3.05 bits per heavy atom. The predicted octanol–water partition coefficient (Wildman–Crippen LogP) is 4.46. The van der Waals surface area contributed by atoms with Gasteiger partial charge in [0.25, 0.3) is 0 Å². The minimum absolute atomic E-state index is 0.330. The largest absolute Gasteiger partial charge is 0.488 e. The number of ether oxygens (including phenoxy) is 1. The van der Waals surface area contributed by atoms with Crippen LogP contribution in [0.25, 0.3) is 0 Å². The first-order chi connectivity index (χ1) is 9.22. The quantitative estimate of drug-likeness (QED) is 0.895. The molecule has 1 aromatic heterocycles. The van der Waals surface area contributed by atoms with Crippen molar-refractivity contribution in [3.8, 4) is 5.75 Å². The smallest absolute Gasteiger partial charge is 0.122 e. The van der Waals surface area contributed by atoms with E-state index in [2.05, 4.69) is 33.4 Å². The van der Waals surface area contributed by atoms with Crippen LogP contribution in [0.4, 0.5) is 0 Å². The minimum atomic E-state index is -0.330. The van der Waals surface area contributed by atoms with Gasteiger partial charge in [-0.15, -0.1) is 11.3 Å². The van der Waals surface area contributed by atoms with Gasteiger partial charge in [-0.3, -0.25) is 0 Å². The standard InChI is InChI=1S/C15H15BrO2S/c16-11-6-13(19-9-11)8-18-12-5-4-10-2-1-3-15(17)14(10)7-12/h4-7,9,15,17H,1-3,8H2/t15-/m1/s1. The fourth-order valence-corrected chi connectivity index (χ4v) is 3.79. The summed E-state index contributed by atoms with van der Waals surface area (Å²) < 4.78 is 6.89. The van der Waals surface area contributed by atoms with Crippen molar-refractivity contribution in [2.45, 2.75) is 32.0 Å². The van der Waals surface area contributed by atoms with Gasteiger partial charge in [0, 0.05) is 14.7 Å². The molecule has 100 valence electrons. The van der Waals surface area contributed by atoms with Gasteiger partial charge in [0.05, 0.1) is 6.10 Å². The van der Waals surface area contributed by atoms with Gasteiger partial charge in [-0.1, -0.05) is 6.07 Å². The second kappa shape index (κ2) is 5.65. The molecule has 0 spiro atoms. The number of thiophene rings is 1. The van der Waals surface area contributed by atoms with Crippen LogP contribution < -0.4 is 4.74 Å². The zero-order valence-electron chi connectivity index (χ0n) is 10.4. The molecule has 3 rings (SSSR count). The SMILES string of the molecule is O[C@@H]1CCCc2ccc(OCc3cc(Br)cs3)cc21. The number of aryl methyl sites for hydroxylation is 1. The van der Waals surface area contributed by atoms with E-state index in [1.54, 1.807) is 11.3 Å². The molecule has 1 atom stereocenters. The third-order valence-corrected chi connectivity index (χ3v) is 5.07. The van der Waals surface area contributed by atoms with E-state index in [0.29, 0.717) is 6.61 Å². The van der Waals surface area contributed by atoms with E-state index < -0.39 is 0 Å². The van der Waals surface area contributed by atoms with Gasteiger partial charge in [0.2, 0.25) is 0 Å². The van der Waals surface area contributed by atoms with Gasteiger partial charge in [0.15, 0.2) is 0 Å². The highest BCUT2D eigenvalue weighted by atomic mass is 79.9. The van der Waals surface area contributed by atoms with Gasteiger partial charge in [-0.2, -0.15) is 0 Å². The van der Waals surface area contributed by atoms with Crippen molar-refractivity contribution in [1.82, 2.24) is 0 Å². The van der Waals surface area contributed by atoms with Gasteiger partial charge >= 0.3 is 0 Å². The summed E-state index contributed by atoms with van der Waals surface area (Å²) in [7, 11) is 0. The van der Waals surface area contributed by atoms with Crippen LogP contribution in [0, 0.1) is 0 Å². The molecule has 0 bridgehead atoms. The fraction of sp³-hybridized carbons (Fsp3) is 0.333. The van der Waals surface area contributed by atoms with Crippen molar-refractivity contribution in [3.63, 3.8) is 0 Å². The zero-order chi connectivity index (χ0) is 13.2. The van der Waals surface area contributed by atoms with Crippen molar-refractivity contribution in [3.05, 3.63) is 50.1 Å². The molecule has 0 radical (unpaired) electrons. The van der Waals surface area contributed by atoms with Crippen molar-refractivity contribution in [2.24, 2.45) is 0 Å². The molecule has 19 heavy (non-hydrogen) atoms. The molecule has 0 unspecified atom stereocenters. The first-order valence-corrected chi connectivity index (χ1v) is 8.06. The van der Waals surface area contributed by atoms with E-state index in [1.165, 1.54) is 10.4 Å². The van der Waals surface area contributed by atoms with Crippen molar-refractivity contribution in [2.75, 3.05) is 0 Å². The van der Waals surface area contributed by atoms with Crippen LogP contribution in [0.5, 0.6) is 5.75 Å². The van der Waals surface area contributed by atoms with E-state index in [-0.39, 0.29) is 6.10 Å². The lowest BCUT2D eigenvalue weighted by Gasteiger charge is -2.21. The average molecular weight is 339 g/mol. The zero-order valence-corrected chi connectivity index (χ0v) is 12.8. The molecular formula is C15H15BrO2S. The Bertz CT molecular complexity index is 579. The Labute approximate surface area is 125 Å². The number of hydrogen-bond acceptors (Lipinski definition) is 3. The molecule has 0 fully saturated rings. The Morgan fingerprint density at radius 2 is 2.26 bits per heavy atom. The lowest BCUT2D eigenvalue weighted by molar-refractivity contribution is 0.156. The molecule has 0 amide bonds. The summed E-state index contributed by atoms with van der Waals surface area (Å²) in [6.45, 7) is 0.575. The highest BCUT2D eigenvalue weighted by Gasteiger charge is 2.18. The fourth-order valence-electron chi connectivity index (χ4n) is 2.43. The normalized spacial score (nSPS) is 18.1. The monoisotopic (exact) mass is 338 g/mol. The van der Waals surface area contributed by atoms with Crippen LogP contribution in [-0.4, -0.2) is 5.11 Å². The molecule has 1 aromatic carbocycles. The maximum Gasteiger partial charge on any atom is 0.122 e. The van der Waals surface area contributed by atoms with E-state index in [4.69, 9.17) is 4.74 Å². The number of hydrogen-bond donors (Lipinski definition) is 1. The van der Waals surface area contributed by atoms with Crippen LogP contribution in [0.3, 0.4) is 0 Å². The summed E-state index contributed by atoms with van der Waals surface area (Å²) in [5.74, 6) is 0.837. The summed E-state index contributed by atoms with van der Waals surface area (Å²) in [6, 6.07) is 8.14. The van der Waals surface area contributed by atoms with E-state index >= 15 is 0 Å². The van der Waals surface area contributed by atoms with Gasteiger partial charge in [-0.05, 0) is 64.5 Å². The summed E-state index contributed by atoms with van der Waals surface area (Å²) in [6.07, 6.45) is 2.65. The minimum Gasteiger partial charge on any atom is -0.488 e. The van der Waals surface area contributed by atoms with Gasteiger partial charge in [-0.25, -0.2) is 0 Å². The lowest BCUT2D eigenvalue weighted by Crippen LogP contribution is -2.09. The molecule has 1 aliphatic carbocycles. The van der Waals surface area contributed by atoms with E-state index in [1.807, 2.05) is 12.1 Å². The highest BCUT2D eigenvalue weighted by Crippen LogP contribution is 2.32. The molecule has 2 aromatic rings. The summed E-state index contributed by atoms with van der Waals surface area (Å²) in [5, 5.41) is 12.1. The first kappa shape index (κ1) is 13.2. The number of aliphatic hydroxyl groups is 1. The highest BCUT2D eigenvalue weighted by molar-refractivity contribution is 9.10. The molecule has 4 heteroatoms. The molecule has 1 N–H and O–H groups in total. The van der Waals surface area contributed by atoms with Gasteiger partial charge < -0.3 is 9.84 Å². The molecule has 0 saturated carbocycles. The average Bonchev–Trinajstić information content (AvgIpc) is 2.83. The van der Waals surface area contributed by atoms with Crippen LogP contribution in [0.15, 0.2) is 34.1 Å². The van der Waals surface area contributed by atoms with Crippen LogP contribution in [0.2, 0.25) is 0 Å². The summed E-state index contributed by atoms with van der Waals surface area (Å²) in [5.41, 5.74) is 2.29. The van der Waals surface area contributed by atoms with Crippen LogP contribution >= 0.6 is 27.3 Å². The molecule has 0 saturated heterocycles. The van der Waals surface area contributed by atoms with Crippen molar-refractivity contribution >= 4 is 27.3 Å². The molecular weight excluding hydrogens is 324 g/mol. The molecule has 2 nitrogen and oxygen atoms in total. The summed E-state index contributed by atoms with van der Waals surface area (Å²) in [4.78, 5) is 1.19. The van der Waals surface area contributed by atoms with Gasteiger partial charge in [0.1, 0.15) is 12.4 Å². The number of halogens is 1. The third-order valence-electron chi connectivity index (χ3n) is 3.40. The number of benzene rings is 1. The summed E-state index contributed by atoms with van der Waals surface area (Å²) >= 11 is 5.11. The number of fused-ring (bicyclic) bond motifs is 1. The van der Waals surface area contributed by atoms with Crippen LogP contribution in [0.1, 0.15) is 34.9 Å². The molecule has 0 aliphatic heterocycles.